The molecule has 0 spiro atoms. The van der Waals surface area contributed by atoms with Gasteiger partial charge in [0.2, 0.25) is 5.78 Å². The summed E-state index contributed by atoms with van der Waals surface area (Å²) in [5.74, 6) is -6.09. The maximum absolute atomic E-state index is 13.8. The van der Waals surface area contributed by atoms with Gasteiger partial charge in [0.1, 0.15) is 28.6 Å². The average molecular weight is 596 g/mol. The number of fused-ring (bicyclic) bond motifs is 3. The number of Topliss-reactive ketones (excluding diaryl/α,β-unsaturated/α-hetero) is 3. The van der Waals surface area contributed by atoms with Crippen LogP contribution in [0.25, 0.3) is 11.1 Å². The van der Waals surface area contributed by atoms with Crippen molar-refractivity contribution in [3.63, 3.8) is 0 Å². The van der Waals surface area contributed by atoms with Gasteiger partial charge < -0.3 is 30.9 Å². The molecule has 3 aliphatic carbocycles. The molecule has 0 saturated carbocycles. The summed E-state index contributed by atoms with van der Waals surface area (Å²) in [4.78, 5) is 51.6. The van der Waals surface area contributed by atoms with Crippen molar-refractivity contribution >= 4 is 23.3 Å². The van der Waals surface area contributed by atoms with E-state index in [2.05, 4.69) is 0 Å². The molecule has 3 aromatic carbocycles. The number of carbonyl (C=O) groups excluding carboxylic acids is 4. The van der Waals surface area contributed by atoms with E-state index >= 15 is 0 Å². The second-order valence-corrected chi connectivity index (χ2v) is 11.4. The van der Waals surface area contributed by atoms with E-state index in [4.69, 9.17) is 10.5 Å². The van der Waals surface area contributed by atoms with Crippen molar-refractivity contribution in [1.29, 1.82) is 0 Å². The molecule has 3 aromatic rings. The zero-order valence-electron chi connectivity index (χ0n) is 23.7. The number of ether oxygens (including phenoxy) is 1. The summed E-state index contributed by atoms with van der Waals surface area (Å²) in [5.41, 5.74) is 4.83. The molecule has 0 radical (unpaired) electrons. The van der Waals surface area contributed by atoms with E-state index in [-0.39, 0.29) is 48.4 Å². The Morgan fingerprint density at radius 3 is 2.27 bits per heavy atom. The number of hydrogen-bond acceptors (Lipinski definition) is 9. The van der Waals surface area contributed by atoms with Crippen LogP contribution in [-0.2, 0) is 22.4 Å². The monoisotopic (exact) mass is 595 g/mol. The van der Waals surface area contributed by atoms with Crippen LogP contribution in [0.5, 0.6) is 11.5 Å². The molecule has 3 aliphatic rings. The fraction of sp³-hybridized carbons (Fsp3) is 0.235. The number of aromatic hydroxyl groups is 1. The largest absolute Gasteiger partial charge is 0.511 e. The second-order valence-electron chi connectivity index (χ2n) is 11.4. The highest BCUT2D eigenvalue weighted by Gasteiger charge is 2.59. The number of aliphatic hydroxyl groups excluding tert-OH is 2. The molecule has 0 heterocycles. The molecule has 10 nitrogen and oxygen atoms in total. The van der Waals surface area contributed by atoms with Crippen LogP contribution in [0.15, 0.2) is 83.3 Å². The lowest BCUT2D eigenvalue weighted by Gasteiger charge is -2.45. The van der Waals surface area contributed by atoms with Gasteiger partial charge in [-0.15, -0.1) is 0 Å². The molecule has 0 unspecified atom stereocenters. The number of ketones is 3. The third-order valence-electron chi connectivity index (χ3n) is 8.99. The smallest absolute Gasteiger partial charge is 0.255 e. The highest BCUT2D eigenvalue weighted by molar-refractivity contribution is 6.24. The van der Waals surface area contributed by atoms with E-state index in [9.17, 15) is 39.6 Å². The molecule has 44 heavy (non-hydrogen) atoms. The number of phenols is 1. The lowest BCUT2D eigenvalue weighted by atomic mass is 9.60. The zero-order valence-corrected chi connectivity index (χ0v) is 23.7. The van der Waals surface area contributed by atoms with Gasteiger partial charge in [-0.1, -0.05) is 30.3 Å². The maximum atomic E-state index is 13.8. The number of benzene rings is 3. The minimum Gasteiger partial charge on any atom is -0.511 e. The molecule has 0 aromatic heterocycles. The van der Waals surface area contributed by atoms with Crippen LogP contribution < -0.4 is 10.5 Å². The van der Waals surface area contributed by atoms with E-state index in [1.54, 1.807) is 37.4 Å². The van der Waals surface area contributed by atoms with E-state index in [0.717, 1.165) is 11.1 Å². The summed E-state index contributed by atoms with van der Waals surface area (Å²) in [6.45, 7) is 0. The molecular formula is C34H29NO9. The summed E-state index contributed by atoms with van der Waals surface area (Å²) in [6.07, 6.45) is 0.120. The van der Waals surface area contributed by atoms with E-state index in [1.807, 2.05) is 24.3 Å². The van der Waals surface area contributed by atoms with Crippen LogP contribution in [0.3, 0.4) is 0 Å². The molecule has 0 fully saturated rings. The Balaban J connectivity index is 1.33. The van der Waals surface area contributed by atoms with Gasteiger partial charge in [0, 0.05) is 29.9 Å². The molecule has 1 amide bonds. The molecule has 10 heteroatoms. The van der Waals surface area contributed by atoms with Crippen molar-refractivity contribution < 1.29 is 44.3 Å². The number of phenolic OH excluding ortho intramolecular Hbond substituents is 1. The maximum Gasteiger partial charge on any atom is 0.255 e. The Hall–Kier alpha value is -5.22. The van der Waals surface area contributed by atoms with Crippen LogP contribution >= 0.6 is 0 Å². The quantitative estimate of drug-likeness (QED) is 0.209. The predicted octanol–water partition coefficient (Wildman–Crippen LogP) is 3.68. The zero-order chi connectivity index (χ0) is 31.5. The van der Waals surface area contributed by atoms with Crippen molar-refractivity contribution in [3.05, 3.63) is 106 Å². The van der Waals surface area contributed by atoms with Gasteiger partial charge in [0.15, 0.2) is 17.2 Å². The van der Waals surface area contributed by atoms with Crippen molar-refractivity contribution in [2.75, 3.05) is 7.11 Å². The minimum absolute atomic E-state index is 0.0461. The molecule has 3 atom stereocenters. The number of primary amides is 1. The lowest BCUT2D eigenvalue weighted by molar-refractivity contribution is -0.144. The number of methoxy groups -OCH3 is 1. The third kappa shape index (κ3) is 4.37. The first-order valence-corrected chi connectivity index (χ1v) is 14.0. The van der Waals surface area contributed by atoms with Gasteiger partial charge in [-0.2, -0.15) is 0 Å². The number of amides is 1. The van der Waals surface area contributed by atoms with Gasteiger partial charge in [-0.05, 0) is 71.3 Å². The average Bonchev–Trinajstić information content (AvgIpc) is 2.99. The Labute approximate surface area is 251 Å². The van der Waals surface area contributed by atoms with Gasteiger partial charge in [0.05, 0.1) is 12.7 Å². The van der Waals surface area contributed by atoms with Crippen LogP contribution in [0.4, 0.5) is 0 Å². The minimum atomic E-state index is -2.61. The standard InChI is InChI=1S/C34H29NO9/c1-44-21-8-6-18(7-9-21)25(37)12-16-2-4-17(5-3-16)22-10-11-24(36)28-23(22)14-19-13-20-15-26(38)29(33(35)42)32(41)34(20,43)31(40)27(19)30(28)39/h2-11,19-20,36,38,40,43H,12-15H2,1H3,(H2,35,42)/t19-,20+,34+/m0/s1. The van der Waals surface area contributed by atoms with Crippen LogP contribution in [0.2, 0.25) is 0 Å². The van der Waals surface area contributed by atoms with Gasteiger partial charge >= 0.3 is 0 Å². The Bertz CT molecular complexity index is 1820. The van der Waals surface area contributed by atoms with Crippen molar-refractivity contribution in [1.82, 2.24) is 0 Å². The van der Waals surface area contributed by atoms with Crippen molar-refractivity contribution in [2.45, 2.75) is 31.3 Å². The number of hydrogen-bond donors (Lipinski definition) is 5. The topological polar surface area (TPSA) is 184 Å². The molecule has 0 saturated heterocycles. The summed E-state index contributed by atoms with van der Waals surface area (Å²) in [6, 6.07) is 17.2. The number of allylic oxidation sites excluding steroid dienone is 2. The fourth-order valence-corrected chi connectivity index (χ4v) is 6.76. The molecule has 0 aliphatic heterocycles. The van der Waals surface area contributed by atoms with E-state index < -0.39 is 52.0 Å². The van der Waals surface area contributed by atoms with E-state index in [0.29, 0.717) is 22.4 Å². The first kappa shape index (κ1) is 28.9. The second kappa shape index (κ2) is 10.5. The Morgan fingerprint density at radius 2 is 1.64 bits per heavy atom. The number of carbonyl (C=O) groups is 4. The lowest BCUT2D eigenvalue weighted by Crippen LogP contribution is -2.57. The SMILES string of the molecule is COc1ccc(C(=O)Cc2ccc(-c3ccc(O)c4c3C[C@@H]3C[C@@H]5CC(O)=C(C(N)=O)C(=O)[C@]5(O)C(O)=C3C4=O)cc2)cc1. The molecule has 224 valence electrons. The fourth-order valence-electron chi connectivity index (χ4n) is 6.76. The summed E-state index contributed by atoms with van der Waals surface area (Å²) in [5, 5.41) is 43.7. The number of nitrogens with two attached hydrogens (primary N) is 1. The normalized spacial score (nSPS) is 22.7. The van der Waals surface area contributed by atoms with Crippen LogP contribution in [-0.4, -0.2) is 56.4 Å². The summed E-state index contributed by atoms with van der Waals surface area (Å²) >= 11 is 0. The number of aliphatic hydroxyl groups is 3. The first-order valence-electron chi connectivity index (χ1n) is 14.0. The first-order chi connectivity index (χ1) is 20.9. The highest BCUT2D eigenvalue weighted by atomic mass is 16.5. The van der Waals surface area contributed by atoms with Crippen molar-refractivity contribution in [3.8, 4) is 22.6 Å². The van der Waals surface area contributed by atoms with Crippen LogP contribution in [0, 0.1) is 11.8 Å². The van der Waals surface area contributed by atoms with Gasteiger partial charge in [0.25, 0.3) is 5.91 Å². The highest BCUT2D eigenvalue weighted by Crippen LogP contribution is 2.52. The van der Waals surface area contributed by atoms with Gasteiger partial charge in [-0.25, -0.2) is 0 Å². The molecule has 6 N–H and O–H groups in total. The Kier molecular flexibility index (Phi) is 6.89. The summed E-state index contributed by atoms with van der Waals surface area (Å²) < 4.78 is 5.14. The van der Waals surface area contributed by atoms with Crippen molar-refractivity contribution in [2.24, 2.45) is 17.6 Å². The molecule has 6 rings (SSSR count). The predicted molar refractivity (Wildman–Crippen MR) is 157 cm³/mol. The molecule has 0 bridgehead atoms. The van der Waals surface area contributed by atoms with Crippen LogP contribution in [0.1, 0.15) is 44.7 Å². The van der Waals surface area contributed by atoms with Gasteiger partial charge in [-0.3, -0.25) is 19.2 Å². The number of rotatable bonds is 6. The Morgan fingerprint density at radius 1 is 0.955 bits per heavy atom. The third-order valence-corrected chi connectivity index (χ3v) is 8.99. The molecular weight excluding hydrogens is 566 g/mol. The van der Waals surface area contributed by atoms with E-state index in [1.165, 1.54) is 6.07 Å². The summed E-state index contributed by atoms with van der Waals surface area (Å²) in [7, 11) is 1.55.